The van der Waals surface area contributed by atoms with Crippen LogP contribution in [0.15, 0.2) is 35.9 Å². The van der Waals surface area contributed by atoms with Crippen molar-refractivity contribution in [3.8, 4) is 0 Å². The second-order valence-electron chi connectivity index (χ2n) is 4.03. The van der Waals surface area contributed by atoms with Gasteiger partial charge in [-0.1, -0.05) is 0 Å². The third kappa shape index (κ3) is 4.39. The van der Waals surface area contributed by atoms with Crippen molar-refractivity contribution in [3.63, 3.8) is 0 Å². The van der Waals surface area contributed by atoms with E-state index in [1.807, 2.05) is 0 Å². The molecule has 0 radical (unpaired) electrons. The molecule has 5 nitrogen and oxygen atoms in total. The fourth-order valence-electron chi connectivity index (χ4n) is 1.35. The van der Waals surface area contributed by atoms with Crippen LogP contribution in [0.4, 0.5) is 5.69 Å². The molecule has 1 aromatic carbocycles. The van der Waals surface area contributed by atoms with Crippen molar-refractivity contribution in [2.45, 2.75) is 13.8 Å². The monoisotopic (exact) mass is 260 g/mol. The van der Waals surface area contributed by atoms with Crippen molar-refractivity contribution in [3.05, 3.63) is 41.5 Å². The third-order valence-electron chi connectivity index (χ3n) is 2.50. The summed E-state index contributed by atoms with van der Waals surface area (Å²) in [6.45, 7) is 3.03. The molecule has 1 aromatic rings. The van der Waals surface area contributed by atoms with Gasteiger partial charge in [-0.15, -0.1) is 0 Å². The highest BCUT2D eigenvalue weighted by Crippen LogP contribution is 2.11. The molecule has 0 aliphatic carbocycles. The van der Waals surface area contributed by atoms with Crippen LogP contribution in [0.3, 0.4) is 0 Å². The second kappa shape index (κ2) is 6.49. The van der Waals surface area contributed by atoms with Crippen LogP contribution in [0.2, 0.25) is 0 Å². The first-order valence-electron chi connectivity index (χ1n) is 5.76. The van der Waals surface area contributed by atoms with Crippen molar-refractivity contribution in [1.29, 1.82) is 0 Å². The average molecular weight is 260 g/mol. The Kier molecular flexibility index (Phi) is 5.00. The van der Waals surface area contributed by atoms with Crippen molar-refractivity contribution in [2.75, 3.05) is 12.4 Å². The van der Waals surface area contributed by atoms with E-state index in [2.05, 4.69) is 10.6 Å². The van der Waals surface area contributed by atoms with Crippen LogP contribution in [0, 0.1) is 0 Å². The van der Waals surface area contributed by atoms with Crippen LogP contribution in [0.5, 0.6) is 0 Å². The van der Waals surface area contributed by atoms with E-state index >= 15 is 0 Å². The van der Waals surface area contributed by atoms with E-state index < -0.39 is 0 Å². The first kappa shape index (κ1) is 14.6. The standard InChI is InChI=1S/C14H16N2O3/c1-9(8-13(18)15-3)14(19)16-12-6-4-11(5-7-12)10(2)17/h4-8H,1-3H3,(H,15,18)(H,16,19)/b9-8-. The Hall–Kier alpha value is -2.43. The molecule has 100 valence electrons. The number of likely N-dealkylation sites (N-methyl/N-ethyl adjacent to an activating group) is 1. The van der Waals surface area contributed by atoms with Crippen LogP contribution in [-0.2, 0) is 9.59 Å². The first-order chi connectivity index (χ1) is 8.93. The van der Waals surface area contributed by atoms with Crippen molar-refractivity contribution < 1.29 is 14.4 Å². The maximum Gasteiger partial charge on any atom is 0.251 e. The fraction of sp³-hybridized carbons (Fsp3) is 0.214. The molecule has 1 rings (SSSR count). The molecule has 0 atom stereocenters. The number of rotatable bonds is 4. The van der Waals surface area contributed by atoms with Crippen molar-refractivity contribution >= 4 is 23.3 Å². The van der Waals surface area contributed by atoms with Crippen LogP contribution < -0.4 is 10.6 Å². The molecule has 0 saturated heterocycles. The number of nitrogens with one attached hydrogen (secondary N) is 2. The lowest BCUT2D eigenvalue weighted by Crippen LogP contribution is -2.19. The summed E-state index contributed by atoms with van der Waals surface area (Å²) in [6.07, 6.45) is 1.22. The summed E-state index contributed by atoms with van der Waals surface area (Å²) in [5, 5.41) is 5.04. The molecule has 19 heavy (non-hydrogen) atoms. The minimum atomic E-state index is -0.362. The fourth-order valence-corrected chi connectivity index (χ4v) is 1.35. The molecule has 5 heteroatoms. The number of anilines is 1. The zero-order valence-corrected chi connectivity index (χ0v) is 11.1. The van der Waals surface area contributed by atoms with Gasteiger partial charge in [0.1, 0.15) is 0 Å². The quantitative estimate of drug-likeness (QED) is 0.636. The van der Waals surface area contributed by atoms with Crippen LogP contribution in [0.25, 0.3) is 0 Å². The molecule has 0 heterocycles. The molecule has 0 unspecified atom stereocenters. The largest absolute Gasteiger partial charge is 0.356 e. The number of benzene rings is 1. The van der Waals surface area contributed by atoms with Gasteiger partial charge >= 0.3 is 0 Å². The predicted octanol–water partition coefficient (Wildman–Crippen LogP) is 1.52. The highest BCUT2D eigenvalue weighted by atomic mass is 16.2. The van der Waals surface area contributed by atoms with Gasteiger partial charge in [0, 0.05) is 29.9 Å². The Morgan fingerprint density at radius 3 is 2.11 bits per heavy atom. The zero-order valence-electron chi connectivity index (χ0n) is 11.1. The molecule has 0 saturated carbocycles. The van der Waals surface area contributed by atoms with Gasteiger partial charge in [-0.3, -0.25) is 14.4 Å². The highest BCUT2D eigenvalue weighted by molar-refractivity contribution is 6.07. The lowest BCUT2D eigenvalue weighted by Gasteiger charge is -2.06. The molecule has 0 aliphatic rings. The van der Waals surface area contributed by atoms with Gasteiger partial charge in [-0.25, -0.2) is 0 Å². The minimum absolute atomic E-state index is 0.0337. The second-order valence-corrected chi connectivity index (χ2v) is 4.03. The summed E-state index contributed by atoms with van der Waals surface area (Å²) >= 11 is 0. The molecular formula is C14H16N2O3. The molecule has 0 spiro atoms. The number of ketones is 1. The van der Waals surface area contributed by atoms with E-state index in [0.717, 1.165) is 0 Å². The maximum atomic E-state index is 11.8. The molecular weight excluding hydrogens is 244 g/mol. The number of Topliss-reactive ketones (excluding diaryl/α,β-unsaturated/α-hetero) is 1. The Bertz CT molecular complexity index is 530. The zero-order chi connectivity index (χ0) is 14.4. The summed E-state index contributed by atoms with van der Waals surface area (Å²) in [5.41, 5.74) is 1.45. The normalized spacial score (nSPS) is 10.8. The van der Waals surface area contributed by atoms with Gasteiger partial charge in [-0.05, 0) is 38.1 Å². The highest BCUT2D eigenvalue weighted by Gasteiger charge is 2.07. The number of hydrogen-bond acceptors (Lipinski definition) is 3. The lowest BCUT2D eigenvalue weighted by molar-refractivity contribution is -0.117. The van der Waals surface area contributed by atoms with Gasteiger partial charge < -0.3 is 10.6 Å². The topological polar surface area (TPSA) is 75.3 Å². The van der Waals surface area contributed by atoms with Gasteiger partial charge in [-0.2, -0.15) is 0 Å². The van der Waals surface area contributed by atoms with Crippen molar-refractivity contribution in [1.82, 2.24) is 5.32 Å². The van der Waals surface area contributed by atoms with Crippen LogP contribution in [0.1, 0.15) is 24.2 Å². The summed E-state index contributed by atoms with van der Waals surface area (Å²) < 4.78 is 0. The summed E-state index contributed by atoms with van der Waals surface area (Å²) in [4.78, 5) is 34.0. The lowest BCUT2D eigenvalue weighted by atomic mass is 10.1. The number of carbonyl (C=O) groups excluding carboxylic acids is 3. The third-order valence-corrected chi connectivity index (χ3v) is 2.50. The van der Waals surface area contributed by atoms with Crippen LogP contribution in [-0.4, -0.2) is 24.6 Å². The summed E-state index contributed by atoms with van der Waals surface area (Å²) in [7, 11) is 1.49. The van der Waals surface area contributed by atoms with Crippen LogP contribution >= 0.6 is 0 Å². The van der Waals surface area contributed by atoms with Gasteiger partial charge in [0.2, 0.25) is 5.91 Å². The van der Waals surface area contributed by atoms with Gasteiger partial charge in [0.15, 0.2) is 5.78 Å². The van der Waals surface area contributed by atoms with E-state index in [-0.39, 0.29) is 17.6 Å². The van der Waals surface area contributed by atoms with E-state index in [1.54, 1.807) is 31.2 Å². The van der Waals surface area contributed by atoms with E-state index in [1.165, 1.54) is 20.0 Å². The molecule has 2 N–H and O–H groups in total. The number of carbonyl (C=O) groups is 3. The van der Waals surface area contributed by atoms with E-state index in [4.69, 9.17) is 0 Å². The van der Waals surface area contributed by atoms with E-state index in [0.29, 0.717) is 16.8 Å². The Morgan fingerprint density at radius 2 is 1.63 bits per heavy atom. The smallest absolute Gasteiger partial charge is 0.251 e. The maximum absolute atomic E-state index is 11.8. The molecule has 0 bridgehead atoms. The molecule has 0 aliphatic heterocycles. The number of amides is 2. The summed E-state index contributed by atoms with van der Waals surface area (Å²) in [6, 6.07) is 6.55. The van der Waals surface area contributed by atoms with E-state index in [9.17, 15) is 14.4 Å². The predicted molar refractivity (Wildman–Crippen MR) is 72.9 cm³/mol. The minimum Gasteiger partial charge on any atom is -0.356 e. The Labute approximate surface area is 111 Å². The first-order valence-corrected chi connectivity index (χ1v) is 5.76. The molecule has 2 amide bonds. The Balaban J connectivity index is 2.74. The van der Waals surface area contributed by atoms with Gasteiger partial charge in [0.05, 0.1) is 0 Å². The van der Waals surface area contributed by atoms with Gasteiger partial charge in [0.25, 0.3) is 5.91 Å². The molecule has 0 fully saturated rings. The number of hydrogen-bond donors (Lipinski definition) is 2. The SMILES string of the molecule is CNC(=O)/C=C(/C)C(=O)Nc1ccc(C(C)=O)cc1. The average Bonchev–Trinajstić information content (AvgIpc) is 2.38. The molecule has 0 aromatic heterocycles. The Morgan fingerprint density at radius 1 is 1.05 bits per heavy atom. The summed E-state index contributed by atoms with van der Waals surface area (Å²) in [5.74, 6) is -0.729. The van der Waals surface area contributed by atoms with Crippen molar-refractivity contribution in [2.24, 2.45) is 0 Å².